The molecule has 0 bridgehead atoms. The molecule has 0 saturated carbocycles. The van der Waals surface area contributed by atoms with E-state index in [1.165, 1.54) is 0 Å². The maximum Gasteiger partial charge on any atom is 0.234 e. The smallest absolute Gasteiger partial charge is 0.234 e. The average Bonchev–Trinajstić information content (AvgIpc) is 2.70. The summed E-state index contributed by atoms with van der Waals surface area (Å²) in [6.45, 7) is 1.95. The van der Waals surface area contributed by atoms with Crippen LogP contribution in [0.3, 0.4) is 0 Å². The number of carbonyl (C=O) groups is 1. The fourth-order valence-electron chi connectivity index (χ4n) is 2.55. The molecule has 2 aliphatic rings. The Morgan fingerprint density at radius 1 is 1.21 bits per heavy atom. The Morgan fingerprint density at radius 2 is 1.95 bits per heavy atom. The summed E-state index contributed by atoms with van der Waals surface area (Å²) in [6, 6.07) is 0.193. The highest BCUT2D eigenvalue weighted by Gasteiger charge is 2.30. The van der Waals surface area contributed by atoms with Crippen LogP contribution in [0.2, 0.25) is 0 Å². The lowest BCUT2D eigenvalue weighted by Gasteiger charge is -2.23. The third-order valence-electron chi connectivity index (χ3n) is 3.71. The molecule has 2 saturated heterocycles. The quantitative estimate of drug-likeness (QED) is 0.709. The molecule has 110 valence electrons. The number of sulfone groups is 1. The largest absolute Gasteiger partial charge is 0.381 e. The molecule has 6 nitrogen and oxygen atoms in total. The number of carbonyl (C=O) groups excluding carboxylic acids is 1. The van der Waals surface area contributed by atoms with Crippen LogP contribution in [0.4, 0.5) is 0 Å². The summed E-state index contributed by atoms with van der Waals surface area (Å²) in [7, 11) is -2.92. The fourth-order valence-corrected chi connectivity index (χ4v) is 4.35. The van der Waals surface area contributed by atoms with Gasteiger partial charge in [-0.2, -0.15) is 0 Å². The maximum absolute atomic E-state index is 11.7. The van der Waals surface area contributed by atoms with Crippen LogP contribution in [0.1, 0.15) is 25.7 Å². The van der Waals surface area contributed by atoms with Gasteiger partial charge in [0.1, 0.15) is 0 Å². The second-order valence-corrected chi connectivity index (χ2v) is 7.62. The molecule has 0 radical (unpaired) electrons. The lowest BCUT2D eigenvalue weighted by Crippen LogP contribution is -2.44. The molecule has 1 atom stereocenters. The van der Waals surface area contributed by atoms with Crippen LogP contribution in [-0.2, 0) is 19.4 Å². The van der Waals surface area contributed by atoms with E-state index in [-0.39, 0.29) is 29.5 Å². The first-order valence-corrected chi connectivity index (χ1v) is 8.59. The summed E-state index contributed by atoms with van der Waals surface area (Å²) in [5.74, 6) is 0.218. The summed E-state index contributed by atoms with van der Waals surface area (Å²) in [5, 5.41) is 5.57. The van der Waals surface area contributed by atoms with Gasteiger partial charge in [0.05, 0.1) is 17.5 Å². The molecule has 0 aromatic heterocycles. The van der Waals surface area contributed by atoms with Gasteiger partial charge in [0.25, 0.3) is 0 Å². The van der Waals surface area contributed by atoms with Crippen LogP contribution < -0.4 is 10.6 Å². The number of amides is 1. The number of hydrogen-bond donors (Lipinski definition) is 2. The Labute approximate surface area is 114 Å². The van der Waals surface area contributed by atoms with Gasteiger partial charge in [-0.1, -0.05) is 0 Å². The molecule has 7 heteroatoms. The number of nitrogens with one attached hydrogen (secondary N) is 2. The Bertz CT molecular complexity index is 404. The van der Waals surface area contributed by atoms with Gasteiger partial charge in [0.2, 0.25) is 5.91 Å². The van der Waals surface area contributed by atoms with Crippen molar-refractivity contribution in [2.75, 3.05) is 32.1 Å². The molecular formula is C12H22N2O4S. The minimum absolute atomic E-state index is 0.0673. The first-order chi connectivity index (χ1) is 9.08. The second kappa shape index (κ2) is 6.67. The zero-order valence-corrected chi connectivity index (χ0v) is 11.9. The van der Waals surface area contributed by atoms with E-state index in [4.69, 9.17) is 4.74 Å². The van der Waals surface area contributed by atoms with E-state index >= 15 is 0 Å². The first-order valence-electron chi connectivity index (χ1n) is 6.87. The van der Waals surface area contributed by atoms with Gasteiger partial charge in [-0.3, -0.25) is 4.79 Å². The third-order valence-corrected chi connectivity index (χ3v) is 5.98. The lowest BCUT2D eigenvalue weighted by molar-refractivity contribution is -0.121. The van der Waals surface area contributed by atoms with Crippen molar-refractivity contribution in [1.29, 1.82) is 0 Å². The van der Waals surface area contributed by atoms with Crippen molar-refractivity contribution >= 4 is 15.7 Å². The molecule has 19 heavy (non-hydrogen) atoms. The van der Waals surface area contributed by atoms with Gasteiger partial charge < -0.3 is 15.4 Å². The van der Waals surface area contributed by atoms with E-state index < -0.39 is 9.84 Å². The molecule has 2 heterocycles. The van der Waals surface area contributed by atoms with E-state index in [2.05, 4.69) is 10.6 Å². The summed E-state index contributed by atoms with van der Waals surface area (Å²) < 4.78 is 28.4. The molecule has 1 unspecified atom stereocenters. The van der Waals surface area contributed by atoms with Crippen molar-refractivity contribution in [3.8, 4) is 0 Å². The third kappa shape index (κ3) is 4.43. The number of ether oxygens (including phenoxy) is 1. The molecule has 1 amide bonds. The molecule has 2 rings (SSSR count). The van der Waals surface area contributed by atoms with E-state index in [0.29, 0.717) is 26.2 Å². The highest BCUT2D eigenvalue weighted by Crippen LogP contribution is 2.18. The zero-order chi connectivity index (χ0) is 13.7. The Kier molecular flexibility index (Phi) is 5.18. The summed E-state index contributed by atoms with van der Waals surface area (Å²) in [6.07, 6.45) is 3.14. The molecule has 2 fully saturated rings. The number of rotatable bonds is 5. The van der Waals surface area contributed by atoms with Crippen LogP contribution in [0.5, 0.6) is 0 Å². The lowest BCUT2D eigenvalue weighted by atomic mass is 10.1. The molecule has 2 N–H and O–H groups in total. The predicted molar refractivity (Wildman–Crippen MR) is 71.7 cm³/mol. The summed E-state index contributed by atoms with van der Waals surface area (Å²) in [5.41, 5.74) is 0. The summed E-state index contributed by atoms with van der Waals surface area (Å²) in [4.78, 5) is 11.7. The van der Waals surface area contributed by atoms with Crippen molar-refractivity contribution in [2.45, 2.75) is 37.0 Å². The highest BCUT2D eigenvalue weighted by molar-refractivity contribution is 7.92. The minimum atomic E-state index is -2.92. The molecule has 0 aromatic rings. The van der Waals surface area contributed by atoms with Crippen LogP contribution in [0, 0.1) is 0 Å². The Balaban J connectivity index is 1.63. The molecule has 0 spiro atoms. The first kappa shape index (κ1) is 14.7. The van der Waals surface area contributed by atoms with E-state index in [1.54, 1.807) is 0 Å². The van der Waals surface area contributed by atoms with Crippen LogP contribution in [0.25, 0.3) is 0 Å². The maximum atomic E-state index is 11.7. The van der Waals surface area contributed by atoms with Crippen molar-refractivity contribution < 1.29 is 17.9 Å². The van der Waals surface area contributed by atoms with Crippen molar-refractivity contribution in [1.82, 2.24) is 10.6 Å². The number of hydrogen-bond acceptors (Lipinski definition) is 5. The Hall–Kier alpha value is -0.660. The van der Waals surface area contributed by atoms with Gasteiger partial charge in [-0.05, 0) is 25.7 Å². The SMILES string of the molecule is O=C(CNCC1CCCS1(=O)=O)NC1CCOCC1. The van der Waals surface area contributed by atoms with Crippen LogP contribution in [0.15, 0.2) is 0 Å². The predicted octanol–water partition coefficient (Wildman–Crippen LogP) is -0.552. The minimum Gasteiger partial charge on any atom is -0.381 e. The fraction of sp³-hybridized carbons (Fsp3) is 0.917. The second-order valence-electron chi connectivity index (χ2n) is 5.22. The van der Waals surface area contributed by atoms with Gasteiger partial charge in [0, 0.05) is 25.8 Å². The molecule has 2 aliphatic heterocycles. The van der Waals surface area contributed by atoms with Crippen LogP contribution >= 0.6 is 0 Å². The monoisotopic (exact) mass is 290 g/mol. The van der Waals surface area contributed by atoms with Gasteiger partial charge in [0.15, 0.2) is 9.84 Å². The van der Waals surface area contributed by atoms with Gasteiger partial charge in [-0.15, -0.1) is 0 Å². The molecule has 0 aliphatic carbocycles. The Morgan fingerprint density at radius 3 is 2.58 bits per heavy atom. The zero-order valence-electron chi connectivity index (χ0n) is 11.1. The van der Waals surface area contributed by atoms with E-state index in [0.717, 1.165) is 19.3 Å². The van der Waals surface area contributed by atoms with E-state index in [9.17, 15) is 13.2 Å². The van der Waals surface area contributed by atoms with Crippen molar-refractivity contribution in [3.63, 3.8) is 0 Å². The van der Waals surface area contributed by atoms with Crippen molar-refractivity contribution in [3.05, 3.63) is 0 Å². The van der Waals surface area contributed by atoms with E-state index in [1.807, 2.05) is 0 Å². The average molecular weight is 290 g/mol. The highest BCUT2D eigenvalue weighted by atomic mass is 32.2. The normalized spacial score (nSPS) is 27.3. The van der Waals surface area contributed by atoms with Gasteiger partial charge >= 0.3 is 0 Å². The molecule has 0 aromatic carbocycles. The van der Waals surface area contributed by atoms with Crippen molar-refractivity contribution in [2.24, 2.45) is 0 Å². The molecular weight excluding hydrogens is 268 g/mol. The van der Waals surface area contributed by atoms with Crippen LogP contribution in [-0.4, -0.2) is 57.7 Å². The standard InChI is InChI=1S/C12H22N2O4S/c15-12(14-10-3-5-18-6-4-10)9-13-8-11-2-1-7-19(11,16)17/h10-11,13H,1-9H2,(H,14,15). The topological polar surface area (TPSA) is 84.5 Å². The summed E-state index contributed by atoms with van der Waals surface area (Å²) >= 11 is 0. The van der Waals surface area contributed by atoms with Gasteiger partial charge in [-0.25, -0.2) is 8.42 Å².